The Bertz CT molecular complexity index is 597. The summed E-state index contributed by atoms with van der Waals surface area (Å²) in [6, 6.07) is 6.41. The van der Waals surface area contributed by atoms with E-state index in [1.165, 1.54) is 0 Å². The van der Waals surface area contributed by atoms with Gasteiger partial charge in [-0.3, -0.25) is 9.69 Å². The zero-order chi connectivity index (χ0) is 14.7. The lowest BCUT2D eigenvalue weighted by Gasteiger charge is -2.18. The first-order valence-corrected chi connectivity index (χ1v) is 6.36. The molecule has 106 valence electrons. The van der Waals surface area contributed by atoms with Crippen LogP contribution >= 0.6 is 11.6 Å². The van der Waals surface area contributed by atoms with Gasteiger partial charge in [-0.05, 0) is 38.2 Å². The lowest BCUT2D eigenvalue weighted by atomic mass is 10.2. The zero-order valence-electron chi connectivity index (χ0n) is 11.1. The average molecular weight is 296 g/mol. The van der Waals surface area contributed by atoms with E-state index in [4.69, 9.17) is 21.1 Å². The molecule has 7 heteroatoms. The largest absolute Gasteiger partial charge is 0.480 e. The standard InChI is InChI=1S/C13H14ClN3O3/c1-8(13(18)19)17(2)7-11-15-16-12(20-11)9-3-5-10(14)6-4-9/h3-6,8H,7H2,1-2H3,(H,18,19). The second-order valence-corrected chi connectivity index (χ2v) is 4.87. The molecule has 1 aromatic carbocycles. The van der Waals surface area contributed by atoms with Gasteiger partial charge < -0.3 is 9.52 Å². The van der Waals surface area contributed by atoms with E-state index in [0.717, 1.165) is 5.56 Å². The quantitative estimate of drug-likeness (QED) is 0.911. The van der Waals surface area contributed by atoms with Crippen molar-refractivity contribution in [3.05, 3.63) is 35.2 Å². The van der Waals surface area contributed by atoms with Gasteiger partial charge in [-0.2, -0.15) is 0 Å². The molecule has 1 N–H and O–H groups in total. The van der Waals surface area contributed by atoms with Gasteiger partial charge in [-0.1, -0.05) is 11.6 Å². The minimum atomic E-state index is -0.898. The van der Waals surface area contributed by atoms with E-state index in [2.05, 4.69) is 10.2 Å². The first-order chi connectivity index (χ1) is 9.47. The number of rotatable bonds is 5. The molecule has 6 nitrogen and oxygen atoms in total. The van der Waals surface area contributed by atoms with Crippen LogP contribution in [0.1, 0.15) is 12.8 Å². The number of aromatic nitrogens is 2. The fourth-order valence-electron chi connectivity index (χ4n) is 1.57. The van der Waals surface area contributed by atoms with Crippen LogP contribution in [-0.2, 0) is 11.3 Å². The molecule has 2 rings (SSSR count). The third-order valence-corrected chi connectivity index (χ3v) is 3.21. The SMILES string of the molecule is CC(C(=O)O)N(C)Cc1nnc(-c2ccc(Cl)cc2)o1. The first-order valence-electron chi connectivity index (χ1n) is 5.98. The highest BCUT2D eigenvalue weighted by Gasteiger charge is 2.19. The fourth-order valence-corrected chi connectivity index (χ4v) is 1.69. The van der Waals surface area contributed by atoms with Crippen LogP contribution in [0.2, 0.25) is 5.02 Å². The van der Waals surface area contributed by atoms with Crippen molar-refractivity contribution in [3.8, 4) is 11.5 Å². The maximum absolute atomic E-state index is 10.9. The lowest BCUT2D eigenvalue weighted by molar-refractivity contribution is -0.142. The van der Waals surface area contributed by atoms with Crippen molar-refractivity contribution in [3.63, 3.8) is 0 Å². The lowest BCUT2D eigenvalue weighted by Crippen LogP contribution is -2.35. The molecule has 0 bridgehead atoms. The Morgan fingerprint density at radius 3 is 2.65 bits per heavy atom. The topological polar surface area (TPSA) is 79.5 Å². The van der Waals surface area contributed by atoms with Crippen LogP contribution in [0.3, 0.4) is 0 Å². The number of benzene rings is 1. The van der Waals surface area contributed by atoms with E-state index in [-0.39, 0.29) is 6.54 Å². The van der Waals surface area contributed by atoms with Gasteiger partial charge in [-0.25, -0.2) is 0 Å². The number of carboxylic acid groups (broad SMARTS) is 1. The summed E-state index contributed by atoms with van der Waals surface area (Å²) in [5, 5.41) is 17.4. The van der Waals surface area contributed by atoms with Crippen molar-refractivity contribution in [2.24, 2.45) is 0 Å². The minimum absolute atomic E-state index is 0.272. The van der Waals surface area contributed by atoms with Crippen LogP contribution in [0.15, 0.2) is 28.7 Å². The third kappa shape index (κ3) is 3.34. The van der Waals surface area contributed by atoms with Gasteiger partial charge in [0.05, 0.1) is 6.54 Å². The maximum Gasteiger partial charge on any atom is 0.320 e. The molecular formula is C13H14ClN3O3. The first kappa shape index (κ1) is 14.5. The number of aliphatic carboxylic acids is 1. The predicted molar refractivity (Wildman–Crippen MR) is 73.3 cm³/mol. The number of nitrogens with zero attached hydrogens (tertiary/aromatic N) is 3. The van der Waals surface area contributed by atoms with Crippen LogP contribution < -0.4 is 0 Å². The molecule has 1 heterocycles. The summed E-state index contributed by atoms with van der Waals surface area (Å²) < 4.78 is 5.51. The van der Waals surface area contributed by atoms with Crippen LogP contribution in [0.4, 0.5) is 0 Å². The number of hydrogen-bond acceptors (Lipinski definition) is 5. The highest BCUT2D eigenvalue weighted by Crippen LogP contribution is 2.20. The van der Waals surface area contributed by atoms with Crippen molar-refractivity contribution in [1.29, 1.82) is 0 Å². The number of hydrogen-bond donors (Lipinski definition) is 1. The van der Waals surface area contributed by atoms with Crippen molar-refractivity contribution >= 4 is 17.6 Å². The van der Waals surface area contributed by atoms with Gasteiger partial charge in [0, 0.05) is 10.6 Å². The minimum Gasteiger partial charge on any atom is -0.480 e. The van der Waals surface area contributed by atoms with Crippen molar-refractivity contribution in [2.75, 3.05) is 7.05 Å². The Morgan fingerprint density at radius 2 is 2.05 bits per heavy atom. The maximum atomic E-state index is 10.9. The highest BCUT2D eigenvalue weighted by atomic mass is 35.5. The van der Waals surface area contributed by atoms with Crippen LogP contribution in [-0.4, -0.2) is 39.3 Å². The number of halogens is 1. The van der Waals surface area contributed by atoms with E-state index in [1.807, 2.05) is 0 Å². The molecule has 1 unspecified atom stereocenters. The van der Waals surface area contributed by atoms with Crippen LogP contribution in [0.5, 0.6) is 0 Å². The molecule has 0 aliphatic heterocycles. The molecule has 0 radical (unpaired) electrons. The normalized spacial score (nSPS) is 12.6. The summed E-state index contributed by atoms with van der Waals surface area (Å²) in [4.78, 5) is 12.5. The molecule has 1 aromatic heterocycles. The molecule has 0 fully saturated rings. The Morgan fingerprint density at radius 1 is 1.40 bits per heavy atom. The summed E-state index contributed by atoms with van der Waals surface area (Å²) in [6.45, 7) is 1.87. The van der Waals surface area contributed by atoms with Crippen molar-refractivity contribution < 1.29 is 14.3 Å². The smallest absolute Gasteiger partial charge is 0.320 e. The fraction of sp³-hybridized carbons (Fsp3) is 0.308. The summed E-state index contributed by atoms with van der Waals surface area (Å²) in [5.74, 6) is -0.150. The Kier molecular flexibility index (Phi) is 4.36. The van der Waals surface area contributed by atoms with Gasteiger partial charge >= 0.3 is 5.97 Å². The van der Waals surface area contributed by atoms with Crippen LogP contribution in [0.25, 0.3) is 11.5 Å². The number of likely N-dealkylation sites (N-methyl/N-ethyl adjacent to an activating group) is 1. The monoisotopic (exact) mass is 295 g/mol. The zero-order valence-corrected chi connectivity index (χ0v) is 11.8. The number of carbonyl (C=O) groups is 1. The highest BCUT2D eigenvalue weighted by molar-refractivity contribution is 6.30. The summed E-state index contributed by atoms with van der Waals surface area (Å²) in [5.41, 5.74) is 0.766. The molecule has 0 spiro atoms. The molecule has 0 aliphatic rings. The molecular weight excluding hydrogens is 282 g/mol. The van der Waals surface area contributed by atoms with E-state index >= 15 is 0 Å². The molecule has 0 amide bonds. The Balaban J connectivity index is 2.09. The Hall–Kier alpha value is -1.92. The second kappa shape index (κ2) is 6.02. The van der Waals surface area contributed by atoms with E-state index in [0.29, 0.717) is 16.8 Å². The molecule has 2 aromatic rings. The molecule has 0 aliphatic carbocycles. The summed E-state index contributed by atoms with van der Waals surface area (Å²) in [6.07, 6.45) is 0. The van der Waals surface area contributed by atoms with Gasteiger partial charge in [0.15, 0.2) is 0 Å². The van der Waals surface area contributed by atoms with Crippen molar-refractivity contribution in [1.82, 2.24) is 15.1 Å². The van der Waals surface area contributed by atoms with Gasteiger partial charge in [0.1, 0.15) is 6.04 Å². The predicted octanol–water partition coefficient (Wildman–Crippen LogP) is 2.29. The molecule has 0 saturated carbocycles. The van der Waals surface area contributed by atoms with Crippen molar-refractivity contribution in [2.45, 2.75) is 19.5 Å². The summed E-state index contributed by atoms with van der Waals surface area (Å²) >= 11 is 5.81. The molecule has 1 atom stereocenters. The van der Waals surface area contributed by atoms with Gasteiger partial charge in [-0.15, -0.1) is 10.2 Å². The summed E-state index contributed by atoms with van der Waals surface area (Å²) in [7, 11) is 1.69. The van der Waals surface area contributed by atoms with Crippen LogP contribution in [0, 0.1) is 0 Å². The van der Waals surface area contributed by atoms with Gasteiger partial charge in [0.25, 0.3) is 0 Å². The number of carboxylic acids is 1. The Labute approximate surface area is 121 Å². The van der Waals surface area contributed by atoms with Gasteiger partial charge in [0.2, 0.25) is 11.8 Å². The average Bonchev–Trinajstić information content (AvgIpc) is 2.87. The van der Waals surface area contributed by atoms with E-state index in [9.17, 15) is 4.79 Å². The second-order valence-electron chi connectivity index (χ2n) is 4.44. The van der Waals surface area contributed by atoms with E-state index < -0.39 is 12.0 Å². The van der Waals surface area contributed by atoms with E-state index in [1.54, 1.807) is 43.1 Å². The molecule has 0 saturated heterocycles. The third-order valence-electron chi connectivity index (χ3n) is 2.96. The molecule has 20 heavy (non-hydrogen) atoms.